The van der Waals surface area contributed by atoms with Crippen molar-refractivity contribution in [1.82, 2.24) is 9.88 Å². The quantitative estimate of drug-likeness (QED) is 0.937. The van der Waals surface area contributed by atoms with E-state index in [1.165, 1.54) is 24.6 Å². The van der Waals surface area contributed by atoms with Crippen molar-refractivity contribution >= 4 is 10.9 Å². The number of hydrogen-bond donors (Lipinski definition) is 1. The fourth-order valence-corrected chi connectivity index (χ4v) is 3.43. The monoisotopic (exact) mass is 283 g/mol. The number of hydrogen-bond acceptors (Lipinski definition) is 3. The van der Waals surface area contributed by atoms with Gasteiger partial charge in [0.05, 0.1) is 5.52 Å². The summed E-state index contributed by atoms with van der Waals surface area (Å²) >= 11 is 0. The molecule has 1 fully saturated rings. The highest BCUT2D eigenvalue weighted by atomic mass is 15.2. The molecule has 1 aromatic carbocycles. The number of aromatic nitrogens is 1. The van der Waals surface area contributed by atoms with Crippen LogP contribution in [0.1, 0.15) is 44.7 Å². The molecule has 1 aromatic heterocycles. The number of pyridine rings is 1. The van der Waals surface area contributed by atoms with Gasteiger partial charge in [-0.05, 0) is 51.4 Å². The lowest BCUT2D eigenvalue weighted by molar-refractivity contribution is 0.0733. The van der Waals surface area contributed by atoms with E-state index in [1.807, 2.05) is 12.3 Å². The van der Waals surface area contributed by atoms with Crippen molar-refractivity contribution < 1.29 is 0 Å². The third-order valence-corrected chi connectivity index (χ3v) is 4.93. The summed E-state index contributed by atoms with van der Waals surface area (Å²) in [7, 11) is 0. The number of para-hydroxylation sites is 1. The van der Waals surface area contributed by atoms with E-state index in [9.17, 15) is 0 Å². The molecule has 3 rings (SSSR count). The first-order valence-electron chi connectivity index (χ1n) is 7.95. The Labute approximate surface area is 127 Å². The van der Waals surface area contributed by atoms with Gasteiger partial charge in [0.1, 0.15) is 0 Å². The van der Waals surface area contributed by atoms with Crippen LogP contribution in [0.2, 0.25) is 0 Å². The summed E-state index contributed by atoms with van der Waals surface area (Å²) in [5, 5.41) is 1.17. The molecule has 0 radical (unpaired) electrons. The second-order valence-corrected chi connectivity index (χ2v) is 6.60. The molecule has 112 valence electrons. The van der Waals surface area contributed by atoms with Crippen molar-refractivity contribution in [2.45, 2.75) is 44.7 Å². The van der Waals surface area contributed by atoms with Gasteiger partial charge in [-0.2, -0.15) is 0 Å². The maximum absolute atomic E-state index is 6.69. The predicted octanol–water partition coefficient (Wildman–Crippen LogP) is 3.50. The number of piperidine rings is 1. The third kappa shape index (κ3) is 2.68. The van der Waals surface area contributed by atoms with Gasteiger partial charge in [0, 0.05) is 23.2 Å². The maximum Gasteiger partial charge on any atom is 0.0750 e. The summed E-state index contributed by atoms with van der Waals surface area (Å²) < 4.78 is 0. The van der Waals surface area contributed by atoms with Crippen LogP contribution in [0.25, 0.3) is 10.9 Å². The second kappa shape index (κ2) is 5.74. The fraction of sp³-hybridized carbons (Fsp3) is 0.500. The average molecular weight is 283 g/mol. The summed E-state index contributed by atoms with van der Waals surface area (Å²) in [4.78, 5) is 7.11. The molecule has 0 spiro atoms. The Morgan fingerprint density at radius 1 is 1.10 bits per heavy atom. The molecule has 0 bridgehead atoms. The van der Waals surface area contributed by atoms with Crippen LogP contribution in [0.4, 0.5) is 0 Å². The van der Waals surface area contributed by atoms with Gasteiger partial charge in [-0.1, -0.05) is 30.7 Å². The molecule has 0 aliphatic carbocycles. The minimum atomic E-state index is -0.0494. The number of likely N-dealkylation sites (tertiary alicyclic amines) is 1. The Balaban J connectivity index is 1.97. The van der Waals surface area contributed by atoms with Gasteiger partial charge in [0.15, 0.2) is 0 Å². The molecular weight excluding hydrogens is 258 g/mol. The zero-order valence-corrected chi connectivity index (χ0v) is 13.0. The molecule has 1 atom stereocenters. The molecular formula is C18H25N3. The van der Waals surface area contributed by atoms with Crippen molar-refractivity contribution in [1.29, 1.82) is 0 Å². The van der Waals surface area contributed by atoms with E-state index in [2.05, 4.69) is 48.0 Å². The summed E-state index contributed by atoms with van der Waals surface area (Å²) in [6, 6.07) is 10.4. The number of rotatable bonds is 3. The summed E-state index contributed by atoms with van der Waals surface area (Å²) in [5.74, 6) is 0. The van der Waals surface area contributed by atoms with Gasteiger partial charge in [0.2, 0.25) is 0 Å². The topological polar surface area (TPSA) is 42.1 Å². The first-order chi connectivity index (χ1) is 10.1. The SMILES string of the molecule is CC(C)(C(N)c1cccc2cccnc12)N1CCCCC1. The fourth-order valence-electron chi connectivity index (χ4n) is 3.43. The first kappa shape index (κ1) is 14.5. The Hall–Kier alpha value is -1.45. The largest absolute Gasteiger partial charge is 0.322 e. The number of benzene rings is 1. The zero-order chi connectivity index (χ0) is 14.9. The molecule has 3 nitrogen and oxygen atoms in total. The number of fused-ring (bicyclic) bond motifs is 1. The van der Waals surface area contributed by atoms with E-state index in [4.69, 9.17) is 5.73 Å². The van der Waals surface area contributed by atoms with E-state index in [0.29, 0.717) is 0 Å². The van der Waals surface area contributed by atoms with Crippen molar-refractivity contribution in [3.05, 3.63) is 42.1 Å². The van der Waals surface area contributed by atoms with E-state index in [-0.39, 0.29) is 11.6 Å². The summed E-state index contributed by atoms with van der Waals surface area (Å²) in [6.45, 7) is 6.84. The third-order valence-electron chi connectivity index (χ3n) is 4.93. The normalized spacial score (nSPS) is 18.8. The second-order valence-electron chi connectivity index (χ2n) is 6.60. The van der Waals surface area contributed by atoms with Crippen molar-refractivity contribution in [3.8, 4) is 0 Å². The molecule has 1 saturated heterocycles. The van der Waals surface area contributed by atoms with Crippen LogP contribution in [0.3, 0.4) is 0 Å². The molecule has 1 aliphatic rings. The van der Waals surface area contributed by atoms with Gasteiger partial charge in [-0.3, -0.25) is 9.88 Å². The standard InChI is InChI=1S/C18H25N3/c1-18(2,21-12-4-3-5-13-21)17(19)15-10-6-8-14-9-7-11-20-16(14)15/h6-11,17H,3-5,12-13,19H2,1-2H3. The van der Waals surface area contributed by atoms with Gasteiger partial charge in [-0.25, -0.2) is 0 Å². The van der Waals surface area contributed by atoms with Crippen LogP contribution in [-0.2, 0) is 0 Å². The molecule has 0 amide bonds. The predicted molar refractivity (Wildman–Crippen MR) is 88.2 cm³/mol. The van der Waals surface area contributed by atoms with Gasteiger partial charge < -0.3 is 5.73 Å². The Bertz CT molecular complexity index is 609. The van der Waals surface area contributed by atoms with E-state index >= 15 is 0 Å². The van der Waals surface area contributed by atoms with Crippen LogP contribution in [-0.4, -0.2) is 28.5 Å². The van der Waals surface area contributed by atoms with E-state index in [0.717, 1.165) is 24.2 Å². The van der Waals surface area contributed by atoms with Crippen LogP contribution in [0, 0.1) is 0 Å². The lowest BCUT2D eigenvalue weighted by atomic mass is 9.85. The first-order valence-corrected chi connectivity index (χ1v) is 7.95. The van der Waals surface area contributed by atoms with Crippen LogP contribution >= 0.6 is 0 Å². The van der Waals surface area contributed by atoms with Crippen molar-refractivity contribution in [3.63, 3.8) is 0 Å². The zero-order valence-electron chi connectivity index (χ0n) is 13.0. The highest BCUT2D eigenvalue weighted by Gasteiger charge is 2.35. The summed E-state index contributed by atoms with van der Waals surface area (Å²) in [5.41, 5.74) is 8.83. The van der Waals surface area contributed by atoms with Crippen molar-refractivity contribution in [2.75, 3.05) is 13.1 Å². The van der Waals surface area contributed by atoms with Gasteiger partial charge in [-0.15, -0.1) is 0 Å². The highest BCUT2D eigenvalue weighted by Crippen LogP contribution is 2.33. The van der Waals surface area contributed by atoms with Crippen LogP contribution in [0.5, 0.6) is 0 Å². The molecule has 1 aliphatic heterocycles. The number of nitrogens with zero attached hydrogens (tertiary/aromatic N) is 2. The average Bonchev–Trinajstić information content (AvgIpc) is 2.54. The van der Waals surface area contributed by atoms with E-state index in [1.54, 1.807) is 0 Å². The molecule has 2 N–H and O–H groups in total. The molecule has 3 heteroatoms. The maximum atomic E-state index is 6.69. The van der Waals surface area contributed by atoms with Crippen LogP contribution < -0.4 is 5.73 Å². The van der Waals surface area contributed by atoms with Crippen molar-refractivity contribution in [2.24, 2.45) is 5.73 Å². The number of nitrogens with two attached hydrogens (primary N) is 1. The van der Waals surface area contributed by atoms with Gasteiger partial charge in [0.25, 0.3) is 0 Å². The minimum Gasteiger partial charge on any atom is -0.322 e. The van der Waals surface area contributed by atoms with Gasteiger partial charge >= 0.3 is 0 Å². The molecule has 2 aromatic rings. The molecule has 0 saturated carbocycles. The summed E-state index contributed by atoms with van der Waals surface area (Å²) in [6.07, 6.45) is 5.76. The van der Waals surface area contributed by atoms with Crippen LogP contribution in [0.15, 0.2) is 36.5 Å². The minimum absolute atomic E-state index is 0.0331. The lowest BCUT2D eigenvalue weighted by Crippen LogP contribution is -2.53. The Morgan fingerprint density at radius 3 is 2.57 bits per heavy atom. The Morgan fingerprint density at radius 2 is 1.81 bits per heavy atom. The molecule has 2 heterocycles. The molecule has 1 unspecified atom stereocenters. The van der Waals surface area contributed by atoms with E-state index < -0.39 is 0 Å². The molecule has 21 heavy (non-hydrogen) atoms. The highest BCUT2D eigenvalue weighted by molar-refractivity contribution is 5.82. The smallest absolute Gasteiger partial charge is 0.0750 e. The lowest BCUT2D eigenvalue weighted by Gasteiger charge is -2.45. The Kier molecular flexibility index (Phi) is 3.96.